The van der Waals surface area contributed by atoms with Gasteiger partial charge in [0.25, 0.3) is 0 Å². The van der Waals surface area contributed by atoms with Gasteiger partial charge in [0, 0.05) is 12.2 Å². The molecule has 0 radical (unpaired) electrons. The van der Waals surface area contributed by atoms with Crippen LogP contribution in [0.5, 0.6) is 5.75 Å². The van der Waals surface area contributed by atoms with E-state index in [1.165, 1.54) is 29.8 Å². The molecular weight excluding hydrogens is 335 g/mol. The number of nitrogens with one attached hydrogen (secondary N) is 2. The molecule has 9 heteroatoms. The predicted molar refractivity (Wildman–Crippen MR) is 88.1 cm³/mol. The van der Waals surface area contributed by atoms with E-state index in [0.717, 1.165) is 24.1 Å². The number of nitrogens with two attached hydrogens (primary N) is 1. The van der Waals surface area contributed by atoms with Gasteiger partial charge in [-0.15, -0.1) is 13.2 Å². The maximum atomic E-state index is 12.1. The third kappa shape index (κ3) is 6.74. The molecule has 0 fully saturated rings. The number of hydrogen-bond acceptors (Lipinski definition) is 3. The predicted octanol–water partition coefficient (Wildman–Crippen LogP) is 2.65. The molecule has 1 aromatic carbocycles. The van der Waals surface area contributed by atoms with E-state index in [2.05, 4.69) is 25.2 Å². The highest BCUT2D eigenvalue weighted by atomic mass is 19.4. The van der Waals surface area contributed by atoms with Crippen LogP contribution in [0.1, 0.15) is 23.2 Å². The highest BCUT2D eigenvalue weighted by Crippen LogP contribution is 2.22. The van der Waals surface area contributed by atoms with Crippen molar-refractivity contribution in [1.29, 1.82) is 0 Å². The van der Waals surface area contributed by atoms with Crippen LogP contribution in [-0.4, -0.2) is 29.1 Å². The van der Waals surface area contributed by atoms with Gasteiger partial charge in [-0.3, -0.25) is 5.10 Å². The van der Waals surface area contributed by atoms with Crippen LogP contribution in [0.2, 0.25) is 0 Å². The van der Waals surface area contributed by atoms with Crippen LogP contribution in [0.4, 0.5) is 13.2 Å². The molecule has 2 rings (SSSR count). The maximum absolute atomic E-state index is 12.1. The average Bonchev–Trinajstić information content (AvgIpc) is 2.94. The van der Waals surface area contributed by atoms with Crippen LogP contribution in [0.15, 0.2) is 35.5 Å². The number of aromatic nitrogens is 2. The molecule has 136 valence electrons. The normalized spacial score (nSPS) is 12.2. The summed E-state index contributed by atoms with van der Waals surface area (Å²) in [4.78, 5) is 4.15. The Morgan fingerprint density at radius 1 is 1.32 bits per heavy atom. The summed E-state index contributed by atoms with van der Waals surface area (Å²) in [5.41, 5.74) is 8.72. The van der Waals surface area contributed by atoms with Gasteiger partial charge in [-0.2, -0.15) is 5.10 Å². The lowest BCUT2D eigenvalue weighted by Crippen LogP contribution is -2.32. The molecule has 6 nitrogen and oxygen atoms in total. The van der Waals surface area contributed by atoms with E-state index < -0.39 is 6.36 Å². The number of guanidine groups is 1. The van der Waals surface area contributed by atoms with Crippen molar-refractivity contribution < 1.29 is 17.9 Å². The minimum Gasteiger partial charge on any atom is -0.406 e. The standard InChI is InChI=1S/C16H20F3N5O/c1-11-13(10-23-24-11)3-2-8-21-15(20)22-9-12-4-6-14(7-5-12)25-16(17,18)19/h4-7,10H,2-3,8-9H2,1H3,(H,23,24)(H3,20,21,22). The van der Waals surface area contributed by atoms with E-state index in [9.17, 15) is 13.2 Å². The molecule has 0 spiro atoms. The molecule has 0 aliphatic rings. The van der Waals surface area contributed by atoms with Crippen LogP contribution >= 0.6 is 0 Å². The number of H-pyrrole nitrogens is 1. The lowest BCUT2D eigenvalue weighted by molar-refractivity contribution is -0.274. The van der Waals surface area contributed by atoms with Crippen molar-refractivity contribution in [2.75, 3.05) is 6.54 Å². The number of alkyl halides is 3. The summed E-state index contributed by atoms with van der Waals surface area (Å²) < 4.78 is 40.1. The molecule has 1 aromatic heterocycles. The molecule has 0 atom stereocenters. The number of benzene rings is 1. The molecule has 0 saturated carbocycles. The summed E-state index contributed by atoms with van der Waals surface area (Å²) in [6.07, 6.45) is -1.13. The topological polar surface area (TPSA) is 88.3 Å². The molecular formula is C16H20F3N5O. The molecule has 25 heavy (non-hydrogen) atoms. The first kappa shape index (κ1) is 18.6. The molecule has 0 bridgehead atoms. The van der Waals surface area contributed by atoms with E-state index in [1.807, 2.05) is 6.92 Å². The fourth-order valence-corrected chi connectivity index (χ4v) is 2.15. The first-order valence-corrected chi connectivity index (χ1v) is 7.71. The van der Waals surface area contributed by atoms with E-state index in [4.69, 9.17) is 5.73 Å². The molecule has 0 amide bonds. The van der Waals surface area contributed by atoms with Gasteiger partial charge >= 0.3 is 6.36 Å². The number of aromatic amines is 1. The number of aliphatic imine (C=N–C) groups is 1. The van der Waals surface area contributed by atoms with Gasteiger partial charge in [-0.25, -0.2) is 4.99 Å². The van der Waals surface area contributed by atoms with Gasteiger partial charge in [0.15, 0.2) is 5.96 Å². The fourth-order valence-electron chi connectivity index (χ4n) is 2.15. The third-order valence-corrected chi connectivity index (χ3v) is 3.45. The second-order valence-corrected chi connectivity index (χ2v) is 5.44. The van der Waals surface area contributed by atoms with E-state index in [1.54, 1.807) is 6.20 Å². The second-order valence-electron chi connectivity index (χ2n) is 5.44. The average molecular weight is 355 g/mol. The Kier molecular flexibility index (Phi) is 6.26. The van der Waals surface area contributed by atoms with Crippen LogP contribution in [0, 0.1) is 6.92 Å². The smallest absolute Gasteiger partial charge is 0.406 e. The van der Waals surface area contributed by atoms with Crippen molar-refractivity contribution in [2.45, 2.75) is 32.7 Å². The van der Waals surface area contributed by atoms with Crippen LogP contribution in [0.25, 0.3) is 0 Å². The largest absolute Gasteiger partial charge is 0.573 e. The zero-order valence-corrected chi connectivity index (χ0v) is 13.7. The van der Waals surface area contributed by atoms with Crippen molar-refractivity contribution in [2.24, 2.45) is 10.7 Å². The lowest BCUT2D eigenvalue weighted by Gasteiger charge is -2.09. The van der Waals surface area contributed by atoms with Crippen LogP contribution in [-0.2, 0) is 13.0 Å². The van der Waals surface area contributed by atoms with Gasteiger partial charge in [-0.05, 0) is 43.0 Å². The van der Waals surface area contributed by atoms with E-state index in [0.29, 0.717) is 12.5 Å². The molecule has 0 aliphatic carbocycles. The number of hydrogen-bond donors (Lipinski definition) is 3. The van der Waals surface area contributed by atoms with Crippen molar-refractivity contribution in [3.63, 3.8) is 0 Å². The highest BCUT2D eigenvalue weighted by molar-refractivity contribution is 5.77. The van der Waals surface area contributed by atoms with Gasteiger partial charge in [0.1, 0.15) is 5.75 Å². The maximum Gasteiger partial charge on any atom is 0.573 e. The number of rotatable bonds is 7. The zero-order chi connectivity index (χ0) is 18.3. The molecule has 0 unspecified atom stereocenters. The monoisotopic (exact) mass is 355 g/mol. The fraction of sp³-hybridized carbons (Fsp3) is 0.375. The highest BCUT2D eigenvalue weighted by Gasteiger charge is 2.30. The SMILES string of the molecule is Cc1[nH]ncc1CCCNC(N)=NCc1ccc(OC(F)(F)F)cc1. The quantitative estimate of drug-likeness (QED) is 0.405. The zero-order valence-electron chi connectivity index (χ0n) is 13.7. The van der Waals surface area contributed by atoms with Crippen LogP contribution < -0.4 is 15.8 Å². The molecule has 0 aliphatic heterocycles. The first-order valence-electron chi connectivity index (χ1n) is 7.71. The Morgan fingerprint density at radius 3 is 2.64 bits per heavy atom. The first-order chi connectivity index (χ1) is 11.8. The minimum atomic E-state index is -4.69. The summed E-state index contributed by atoms with van der Waals surface area (Å²) >= 11 is 0. The van der Waals surface area contributed by atoms with Gasteiger partial charge < -0.3 is 15.8 Å². The summed E-state index contributed by atoms with van der Waals surface area (Å²) in [6.45, 7) is 2.90. The Hall–Kier alpha value is -2.71. The Morgan fingerprint density at radius 2 is 2.04 bits per heavy atom. The van der Waals surface area contributed by atoms with E-state index in [-0.39, 0.29) is 12.3 Å². The summed E-state index contributed by atoms with van der Waals surface area (Å²) in [6, 6.07) is 5.52. The second kappa shape index (κ2) is 8.41. The third-order valence-electron chi connectivity index (χ3n) is 3.45. The summed E-state index contributed by atoms with van der Waals surface area (Å²) in [7, 11) is 0. The van der Waals surface area contributed by atoms with Crippen molar-refractivity contribution in [3.05, 3.63) is 47.3 Å². The Labute approximate surface area is 143 Å². The molecule has 0 saturated heterocycles. The summed E-state index contributed by atoms with van der Waals surface area (Å²) in [5, 5.41) is 9.84. The number of nitrogens with zero attached hydrogens (tertiary/aromatic N) is 2. The number of ether oxygens (including phenoxy) is 1. The minimum absolute atomic E-state index is 0.263. The Bertz CT molecular complexity index is 695. The van der Waals surface area contributed by atoms with Crippen molar-refractivity contribution in [1.82, 2.24) is 15.5 Å². The lowest BCUT2D eigenvalue weighted by atomic mass is 10.1. The Balaban J connectivity index is 1.72. The number of halogens is 3. The molecule has 4 N–H and O–H groups in total. The molecule has 2 aromatic rings. The van der Waals surface area contributed by atoms with Gasteiger partial charge in [-0.1, -0.05) is 12.1 Å². The van der Waals surface area contributed by atoms with Gasteiger partial charge in [0.05, 0.1) is 12.7 Å². The van der Waals surface area contributed by atoms with E-state index >= 15 is 0 Å². The van der Waals surface area contributed by atoms with Crippen molar-refractivity contribution >= 4 is 5.96 Å². The molecule has 1 heterocycles. The van der Waals surface area contributed by atoms with Gasteiger partial charge in [0.2, 0.25) is 0 Å². The van der Waals surface area contributed by atoms with Crippen molar-refractivity contribution in [3.8, 4) is 5.75 Å². The summed E-state index contributed by atoms with van der Waals surface area (Å²) in [5.74, 6) is 0.0281. The van der Waals surface area contributed by atoms with Crippen LogP contribution in [0.3, 0.4) is 0 Å². The number of aryl methyl sites for hydroxylation is 2.